The standard InChI is InChI=1S/C14H13F2N/c1-9-5-11(8-13(16)6-9)14(17)10-3-2-4-12(15)7-10/h2-8,14H,17H2,1H3. The highest BCUT2D eigenvalue weighted by atomic mass is 19.1. The van der Waals surface area contributed by atoms with E-state index in [0.717, 1.165) is 5.56 Å². The normalized spacial score (nSPS) is 12.5. The van der Waals surface area contributed by atoms with E-state index in [9.17, 15) is 8.78 Å². The molecule has 2 aromatic rings. The topological polar surface area (TPSA) is 26.0 Å². The minimum atomic E-state index is -0.514. The van der Waals surface area contributed by atoms with Gasteiger partial charge in [-0.2, -0.15) is 0 Å². The summed E-state index contributed by atoms with van der Waals surface area (Å²) in [6.07, 6.45) is 0. The fourth-order valence-corrected chi connectivity index (χ4v) is 1.84. The van der Waals surface area contributed by atoms with Crippen LogP contribution < -0.4 is 5.73 Å². The predicted octanol–water partition coefficient (Wildman–Crippen LogP) is 3.32. The van der Waals surface area contributed by atoms with Crippen molar-refractivity contribution in [2.24, 2.45) is 5.73 Å². The first kappa shape index (κ1) is 11.7. The molecule has 88 valence electrons. The summed E-state index contributed by atoms with van der Waals surface area (Å²) >= 11 is 0. The molecule has 0 aliphatic rings. The summed E-state index contributed by atoms with van der Waals surface area (Å²) in [7, 11) is 0. The van der Waals surface area contributed by atoms with Gasteiger partial charge >= 0.3 is 0 Å². The molecule has 2 N–H and O–H groups in total. The molecule has 0 spiro atoms. The maximum atomic E-state index is 13.3. The summed E-state index contributed by atoms with van der Waals surface area (Å²) in [6.45, 7) is 1.80. The molecule has 17 heavy (non-hydrogen) atoms. The van der Waals surface area contributed by atoms with Gasteiger partial charge in [0, 0.05) is 0 Å². The van der Waals surface area contributed by atoms with Gasteiger partial charge in [0.05, 0.1) is 6.04 Å². The zero-order valence-corrected chi connectivity index (χ0v) is 9.45. The Balaban J connectivity index is 2.39. The van der Waals surface area contributed by atoms with Crippen molar-refractivity contribution >= 4 is 0 Å². The molecular formula is C14H13F2N. The van der Waals surface area contributed by atoms with Crippen molar-refractivity contribution in [1.29, 1.82) is 0 Å². The Morgan fingerprint density at radius 3 is 2.29 bits per heavy atom. The predicted molar refractivity (Wildman–Crippen MR) is 63.6 cm³/mol. The lowest BCUT2D eigenvalue weighted by Crippen LogP contribution is -2.12. The number of rotatable bonds is 2. The Labute approximate surface area is 98.9 Å². The summed E-state index contributed by atoms with van der Waals surface area (Å²) in [4.78, 5) is 0. The molecule has 0 bridgehead atoms. The third kappa shape index (κ3) is 2.68. The van der Waals surface area contributed by atoms with E-state index in [1.165, 1.54) is 24.3 Å². The first-order valence-corrected chi connectivity index (χ1v) is 5.34. The highest BCUT2D eigenvalue weighted by molar-refractivity contribution is 5.34. The largest absolute Gasteiger partial charge is 0.320 e. The summed E-state index contributed by atoms with van der Waals surface area (Å²) in [6, 6.07) is 10.1. The number of hydrogen-bond donors (Lipinski definition) is 1. The van der Waals surface area contributed by atoms with Crippen LogP contribution in [-0.2, 0) is 0 Å². The van der Waals surface area contributed by atoms with E-state index in [4.69, 9.17) is 5.73 Å². The first-order valence-electron chi connectivity index (χ1n) is 5.34. The molecule has 0 aromatic heterocycles. The van der Waals surface area contributed by atoms with E-state index >= 15 is 0 Å². The average molecular weight is 233 g/mol. The smallest absolute Gasteiger partial charge is 0.123 e. The van der Waals surface area contributed by atoms with Gasteiger partial charge in [-0.1, -0.05) is 18.2 Å². The zero-order valence-electron chi connectivity index (χ0n) is 9.45. The molecule has 0 fully saturated rings. The Bertz CT molecular complexity index is 517. The lowest BCUT2D eigenvalue weighted by atomic mass is 9.98. The van der Waals surface area contributed by atoms with Crippen LogP contribution in [-0.4, -0.2) is 0 Å². The van der Waals surface area contributed by atoms with E-state index in [0.29, 0.717) is 11.1 Å². The van der Waals surface area contributed by atoms with E-state index in [-0.39, 0.29) is 11.6 Å². The molecule has 1 nitrogen and oxygen atoms in total. The van der Waals surface area contributed by atoms with E-state index in [1.807, 2.05) is 0 Å². The van der Waals surface area contributed by atoms with Crippen molar-refractivity contribution in [3.05, 3.63) is 70.8 Å². The molecule has 0 saturated heterocycles. The molecule has 1 unspecified atom stereocenters. The van der Waals surface area contributed by atoms with Crippen LogP contribution in [0, 0.1) is 18.6 Å². The van der Waals surface area contributed by atoms with Gasteiger partial charge in [0.1, 0.15) is 11.6 Å². The van der Waals surface area contributed by atoms with Crippen LogP contribution in [0.1, 0.15) is 22.7 Å². The highest BCUT2D eigenvalue weighted by Gasteiger charge is 2.11. The van der Waals surface area contributed by atoms with Crippen molar-refractivity contribution < 1.29 is 8.78 Å². The average Bonchev–Trinajstić information content (AvgIpc) is 2.26. The summed E-state index contributed by atoms with van der Waals surface area (Å²) < 4.78 is 26.3. The van der Waals surface area contributed by atoms with Gasteiger partial charge in [0.2, 0.25) is 0 Å². The molecule has 2 aromatic carbocycles. The number of nitrogens with two attached hydrogens (primary N) is 1. The zero-order chi connectivity index (χ0) is 12.4. The third-order valence-electron chi connectivity index (χ3n) is 2.63. The summed E-state index contributed by atoms with van der Waals surface area (Å²) in [5, 5.41) is 0. The number of aryl methyl sites for hydroxylation is 1. The van der Waals surface area contributed by atoms with E-state index in [2.05, 4.69) is 0 Å². The van der Waals surface area contributed by atoms with Gasteiger partial charge in [-0.25, -0.2) is 8.78 Å². The number of halogens is 2. The molecule has 0 heterocycles. The van der Waals surface area contributed by atoms with Gasteiger partial charge in [-0.05, 0) is 47.9 Å². The summed E-state index contributed by atoms with van der Waals surface area (Å²) in [5.41, 5.74) is 8.07. The molecule has 3 heteroatoms. The van der Waals surface area contributed by atoms with Gasteiger partial charge in [-0.3, -0.25) is 0 Å². The Kier molecular flexibility index (Phi) is 3.20. The molecule has 2 rings (SSSR count). The molecule has 0 amide bonds. The minimum Gasteiger partial charge on any atom is -0.320 e. The van der Waals surface area contributed by atoms with Gasteiger partial charge in [0.25, 0.3) is 0 Å². The lowest BCUT2D eigenvalue weighted by Gasteiger charge is -2.13. The second kappa shape index (κ2) is 4.63. The summed E-state index contributed by atoms with van der Waals surface area (Å²) in [5.74, 6) is -0.669. The molecule has 0 aliphatic carbocycles. The monoisotopic (exact) mass is 233 g/mol. The van der Waals surface area contributed by atoms with Gasteiger partial charge in [0.15, 0.2) is 0 Å². The molecule has 0 radical (unpaired) electrons. The minimum absolute atomic E-state index is 0.327. The van der Waals surface area contributed by atoms with Crippen LogP contribution in [0.3, 0.4) is 0 Å². The quantitative estimate of drug-likeness (QED) is 0.846. The van der Waals surface area contributed by atoms with Crippen molar-refractivity contribution in [1.82, 2.24) is 0 Å². The van der Waals surface area contributed by atoms with Crippen LogP contribution in [0.4, 0.5) is 8.78 Å². The first-order chi connectivity index (χ1) is 8.06. The van der Waals surface area contributed by atoms with Crippen LogP contribution in [0.5, 0.6) is 0 Å². The van der Waals surface area contributed by atoms with Crippen molar-refractivity contribution in [2.45, 2.75) is 13.0 Å². The van der Waals surface area contributed by atoms with Crippen LogP contribution in [0.2, 0.25) is 0 Å². The third-order valence-corrected chi connectivity index (χ3v) is 2.63. The fraction of sp³-hybridized carbons (Fsp3) is 0.143. The van der Waals surface area contributed by atoms with Crippen molar-refractivity contribution in [2.75, 3.05) is 0 Å². The second-order valence-corrected chi connectivity index (χ2v) is 4.09. The van der Waals surface area contributed by atoms with Crippen LogP contribution in [0.25, 0.3) is 0 Å². The Morgan fingerprint density at radius 2 is 1.65 bits per heavy atom. The van der Waals surface area contributed by atoms with Gasteiger partial charge in [-0.15, -0.1) is 0 Å². The molecule has 0 aliphatic heterocycles. The molecular weight excluding hydrogens is 220 g/mol. The second-order valence-electron chi connectivity index (χ2n) is 4.09. The Morgan fingerprint density at radius 1 is 0.941 bits per heavy atom. The van der Waals surface area contributed by atoms with Crippen LogP contribution >= 0.6 is 0 Å². The lowest BCUT2D eigenvalue weighted by molar-refractivity contribution is 0.619. The maximum absolute atomic E-state index is 13.3. The maximum Gasteiger partial charge on any atom is 0.123 e. The number of benzene rings is 2. The molecule has 0 saturated carbocycles. The molecule has 1 atom stereocenters. The number of hydrogen-bond acceptors (Lipinski definition) is 1. The van der Waals surface area contributed by atoms with Crippen molar-refractivity contribution in [3.8, 4) is 0 Å². The van der Waals surface area contributed by atoms with Gasteiger partial charge < -0.3 is 5.73 Å². The van der Waals surface area contributed by atoms with Crippen molar-refractivity contribution in [3.63, 3.8) is 0 Å². The van der Waals surface area contributed by atoms with E-state index in [1.54, 1.807) is 25.1 Å². The highest BCUT2D eigenvalue weighted by Crippen LogP contribution is 2.22. The SMILES string of the molecule is Cc1cc(F)cc(C(N)c2cccc(F)c2)c1. The Hall–Kier alpha value is -1.74. The fourth-order valence-electron chi connectivity index (χ4n) is 1.84. The van der Waals surface area contributed by atoms with E-state index < -0.39 is 6.04 Å². The van der Waals surface area contributed by atoms with Crippen LogP contribution in [0.15, 0.2) is 42.5 Å².